The summed E-state index contributed by atoms with van der Waals surface area (Å²) in [5.74, 6) is -0.785. The number of halogens is 2. The second-order valence-corrected chi connectivity index (χ2v) is 9.54. The van der Waals surface area contributed by atoms with Gasteiger partial charge in [0.15, 0.2) is 5.76 Å². The second kappa shape index (κ2) is 8.37. The van der Waals surface area contributed by atoms with Gasteiger partial charge in [-0.25, -0.2) is 4.79 Å². The Hall–Kier alpha value is -2.42. The summed E-state index contributed by atoms with van der Waals surface area (Å²) in [4.78, 5) is 26.4. The number of esters is 1. The summed E-state index contributed by atoms with van der Waals surface area (Å²) in [6, 6.07) is 14.8. The van der Waals surface area contributed by atoms with Crippen molar-refractivity contribution in [2.75, 3.05) is 12.4 Å². The van der Waals surface area contributed by atoms with E-state index in [2.05, 4.69) is 37.2 Å². The third kappa shape index (κ3) is 3.95. The van der Waals surface area contributed by atoms with E-state index in [1.54, 1.807) is 12.1 Å². The van der Waals surface area contributed by atoms with Crippen LogP contribution in [0.5, 0.6) is 0 Å². The molecule has 2 heterocycles. The molecule has 0 radical (unpaired) electrons. The predicted molar refractivity (Wildman–Crippen MR) is 125 cm³/mol. The lowest BCUT2D eigenvalue weighted by atomic mass is 10.0. The first-order chi connectivity index (χ1) is 14.4. The predicted octanol–water partition coefficient (Wildman–Crippen LogP) is 7.03. The van der Waals surface area contributed by atoms with Gasteiger partial charge in [-0.3, -0.25) is 4.79 Å². The normalized spacial score (nSPS) is 10.9. The maximum Gasteiger partial charge on any atom is 0.341 e. The Balaban J connectivity index is 1.74. The molecule has 30 heavy (non-hydrogen) atoms. The van der Waals surface area contributed by atoms with Crippen molar-refractivity contribution in [2.24, 2.45) is 0 Å². The van der Waals surface area contributed by atoms with Crippen LogP contribution in [0.4, 0.5) is 5.00 Å². The van der Waals surface area contributed by atoms with Crippen LogP contribution in [-0.4, -0.2) is 19.0 Å². The highest BCUT2D eigenvalue weighted by molar-refractivity contribution is 9.10. The van der Waals surface area contributed by atoms with Crippen molar-refractivity contribution in [1.29, 1.82) is 0 Å². The van der Waals surface area contributed by atoms with Crippen LogP contribution in [0.2, 0.25) is 0 Å². The number of carbonyl (C=O) groups is 2. The van der Waals surface area contributed by atoms with Crippen molar-refractivity contribution < 1.29 is 18.7 Å². The Morgan fingerprint density at radius 3 is 2.43 bits per heavy atom. The zero-order chi connectivity index (χ0) is 21.4. The number of benzene rings is 2. The number of rotatable bonds is 4. The number of hydrogen-bond acceptors (Lipinski definition) is 5. The molecule has 152 valence electrons. The molecule has 2 aromatic carbocycles. The van der Waals surface area contributed by atoms with Gasteiger partial charge in [-0.05, 0) is 48.9 Å². The number of thiophene rings is 1. The SMILES string of the molecule is COC(=O)c1c(NC(=O)c2cc3cc(Br)ccc3o2)sc(C)c1-c1ccc(Br)cc1. The fourth-order valence-electron chi connectivity index (χ4n) is 3.18. The van der Waals surface area contributed by atoms with Gasteiger partial charge in [-0.15, -0.1) is 11.3 Å². The smallest absolute Gasteiger partial charge is 0.341 e. The Bertz CT molecular complexity index is 1270. The fourth-order valence-corrected chi connectivity index (χ4v) is 4.89. The van der Waals surface area contributed by atoms with E-state index in [0.29, 0.717) is 16.1 Å². The lowest BCUT2D eigenvalue weighted by Gasteiger charge is -2.07. The highest BCUT2D eigenvalue weighted by Crippen LogP contribution is 2.41. The van der Waals surface area contributed by atoms with Crippen molar-refractivity contribution in [3.8, 4) is 11.1 Å². The summed E-state index contributed by atoms with van der Waals surface area (Å²) in [7, 11) is 1.32. The summed E-state index contributed by atoms with van der Waals surface area (Å²) in [6.07, 6.45) is 0. The highest BCUT2D eigenvalue weighted by atomic mass is 79.9. The minimum atomic E-state index is -0.513. The van der Waals surface area contributed by atoms with Gasteiger partial charge in [0, 0.05) is 24.8 Å². The summed E-state index contributed by atoms with van der Waals surface area (Å²) in [5, 5.41) is 4.05. The molecule has 5 nitrogen and oxygen atoms in total. The molecule has 4 rings (SSSR count). The van der Waals surface area contributed by atoms with E-state index in [0.717, 1.165) is 30.3 Å². The first kappa shape index (κ1) is 20.8. The quantitative estimate of drug-likeness (QED) is 0.278. The summed E-state index contributed by atoms with van der Waals surface area (Å²) >= 11 is 8.15. The lowest BCUT2D eigenvalue weighted by Crippen LogP contribution is -2.13. The number of methoxy groups -OCH3 is 1. The van der Waals surface area contributed by atoms with Crippen LogP contribution < -0.4 is 5.32 Å². The van der Waals surface area contributed by atoms with Gasteiger partial charge in [0.1, 0.15) is 16.1 Å². The van der Waals surface area contributed by atoms with E-state index >= 15 is 0 Å². The van der Waals surface area contributed by atoms with E-state index < -0.39 is 11.9 Å². The van der Waals surface area contributed by atoms with E-state index in [1.807, 2.05) is 43.3 Å². The Labute approximate surface area is 193 Å². The van der Waals surface area contributed by atoms with Crippen LogP contribution in [-0.2, 0) is 4.74 Å². The molecule has 1 amide bonds. The summed E-state index contributed by atoms with van der Waals surface area (Å²) in [5.41, 5.74) is 2.54. The molecule has 0 aliphatic heterocycles. The molecule has 1 N–H and O–H groups in total. The van der Waals surface area contributed by atoms with Crippen LogP contribution in [0.3, 0.4) is 0 Å². The Kier molecular flexibility index (Phi) is 5.81. The third-order valence-corrected chi connectivity index (χ3v) is 6.58. The molecular weight excluding hydrogens is 534 g/mol. The molecule has 0 bridgehead atoms. The average Bonchev–Trinajstić information content (AvgIpc) is 3.28. The van der Waals surface area contributed by atoms with E-state index in [-0.39, 0.29) is 5.76 Å². The topological polar surface area (TPSA) is 68.5 Å². The molecule has 0 spiro atoms. The third-order valence-electron chi connectivity index (χ3n) is 4.54. The van der Waals surface area contributed by atoms with Crippen molar-refractivity contribution >= 4 is 71.0 Å². The van der Waals surface area contributed by atoms with E-state index in [4.69, 9.17) is 9.15 Å². The molecule has 0 saturated carbocycles. The molecule has 0 atom stereocenters. The van der Waals surface area contributed by atoms with Crippen LogP contribution in [0.15, 0.2) is 61.9 Å². The number of ether oxygens (including phenoxy) is 1. The monoisotopic (exact) mass is 547 g/mol. The maximum atomic E-state index is 12.9. The van der Waals surface area contributed by atoms with E-state index in [1.165, 1.54) is 18.4 Å². The highest BCUT2D eigenvalue weighted by Gasteiger charge is 2.26. The number of nitrogens with one attached hydrogen (secondary N) is 1. The van der Waals surface area contributed by atoms with Crippen molar-refractivity contribution in [3.05, 3.63) is 73.7 Å². The van der Waals surface area contributed by atoms with Gasteiger partial charge >= 0.3 is 5.97 Å². The van der Waals surface area contributed by atoms with Crippen molar-refractivity contribution in [3.63, 3.8) is 0 Å². The zero-order valence-corrected chi connectivity index (χ0v) is 19.9. The second-order valence-electron chi connectivity index (χ2n) is 6.48. The first-order valence-electron chi connectivity index (χ1n) is 8.85. The minimum absolute atomic E-state index is 0.162. The molecule has 8 heteroatoms. The summed E-state index contributed by atoms with van der Waals surface area (Å²) in [6.45, 7) is 1.91. The van der Waals surface area contributed by atoms with Gasteiger partial charge < -0.3 is 14.5 Å². The number of aryl methyl sites for hydroxylation is 1. The number of hydrogen-bond donors (Lipinski definition) is 1. The molecule has 0 fully saturated rings. The standard InChI is InChI=1S/C22H15Br2NO4S/c1-11-18(12-3-5-14(23)6-4-12)19(22(27)28-2)21(30-11)25-20(26)17-10-13-9-15(24)7-8-16(13)29-17/h3-10H,1-2H3,(H,25,26). The number of anilines is 1. The minimum Gasteiger partial charge on any atom is -0.465 e. The maximum absolute atomic E-state index is 12.9. The lowest BCUT2D eigenvalue weighted by molar-refractivity contribution is 0.0603. The number of amides is 1. The van der Waals surface area contributed by atoms with Crippen molar-refractivity contribution in [1.82, 2.24) is 0 Å². The number of fused-ring (bicyclic) bond motifs is 1. The first-order valence-corrected chi connectivity index (χ1v) is 11.3. The van der Waals surface area contributed by atoms with Gasteiger partial charge in [0.25, 0.3) is 5.91 Å². The molecule has 0 saturated heterocycles. The Morgan fingerprint density at radius 1 is 1.03 bits per heavy atom. The van der Waals surface area contributed by atoms with E-state index in [9.17, 15) is 9.59 Å². The van der Waals surface area contributed by atoms with Crippen LogP contribution in [0.25, 0.3) is 22.1 Å². The molecular formula is C22H15Br2NO4S. The average molecular weight is 549 g/mol. The number of furan rings is 1. The van der Waals surface area contributed by atoms with Crippen LogP contribution in [0, 0.1) is 6.92 Å². The molecule has 2 aromatic heterocycles. The van der Waals surface area contributed by atoms with Crippen LogP contribution >= 0.6 is 43.2 Å². The van der Waals surface area contributed by atoms with Gasteiger partial charge in [-0.2, -0.15) is 0 Å². The zero-order valence-electron chi connectivity index (χ0n) is 15.9. The molecule has 0 aliphatic carbocycles. The molecule has 0 unspecified atom stereocenters. The Morgan fingerprint density at radius 2 is 1.73 bits per heavy atom. The van der Waals surface area contributed by atoms with Gasteiger partial charge in [0.2, 0.25) is 0 Å². The fraction of sp³-hybridized carbons (Fsp3) is 0.0909. The van der Waals surface area contributed by atoms with Gasteiger partial charge in [0.05, 0.1) is 7.11 Å². The van der Waals surface area contributed by atoms with Crippen molar-refractivity contribution in [2.45, 2.75) is 6.92 Å². The molecule has 0 aliphatic rings. The summed E-state index contributed by atoms with van der Waals surface area (Å²) < 4.78 is 12.5. The largest absolute Gasteiger partial charge is 0.465 e. The number of carbonyl (C=O) groups excluding carboxylic acids is 2. The van der Waals surface area contributed by atoms with Crippen LogP contribution in [0.1, 0.15) is 25.8 Å². The van der Waals surface area contributed by atoms with Gasteiger partial charge in [-0.1, -0.05) is 44.0 Å². The molecule has 4 aromatic rings.